The molecule has 0 rings (SSSR count). The number of hydrogen-bond donors (Lipinski definition) is 1. The third-order valence-corrected chi connectivity index (χ3v) is 8.92. The molecule has 118 valence electrons. The highest BCUT2D eigenvalue weighted by Gasteiger charge is 2.40. The van der Waals surface area contributed by atoms with Crippen molar-refractivity contribution in [2.45, 2.75) is 65.8 Å². The van der Waals surface area contributed by atoms with Gasteiger partial charge in [0.05, 0.1) is 12.7 Å². The van der Waals surface area contributed by atoms with Crippen molar-refractivity contribution in [2.75, 3.05) is 6.61 Å². The minimum Gasteiger partial charge on any atom is -0.413 e. The lowest BCUT2D eigenvalue weighted by molar-refractivity contribution is 0.111. The van der Waals surface area contributed by atoms with Crippen LogP contribution in [0.3, 0.4) is 0 Å². The van der Waals surface area contributed by atoms with Gasteiger partial charge in [-0.2, -0.15) is 0 Å². The molecular formula is C17H34O2Si. The Morgan fingerprint density at radius 1 is 1.25 bits per heavy atom. The van der Waals surface area contributed by atoms with E-state index in [1.807, 2.05) is 13.0 Å². The molecular weight excluding hydrogens is 264 g/mol. The van der Waals surface area contributed by atoms with Crippen LogP contribution in [0.5, 0.6) is 0 Å². The Kier molecular flexibility index (Phi) is 7.43. The first-order valence-corrected chi connectivity index (χ1v) is 10.5. The fraction of sp³-hybridized carbons (Fsp3) is 0.765. The summed E-state index contributed by atoms with van der Waals surface area (Å²) in [6.45, 7) is 21.6. The maximum absolute atomic E-state index is 9.20. The third-order valence-electron chi connectivity index (χ3n) is 4.44. The molecule has 0 saturated carbocycles. The zero-order valence-electron chi connectivity index (χ0n) is 14.7. The first-order valence-electron chi connectivity index (χ1n) is 7.54. The highest BCUT2D eigenvalue weighted by molar-refractivity contribution is 6.74. The van der Waals surface area contributed by atoms with E-state index in [-0.39, 0.29) is 23.7 Å². The molecule has 3 atom stereocenters. The van der Waals surface area contributed by atoms with Crippen molar-refractivity contribution in [1.29, 1.82) is 0 Å². The molecule has 0 aromatic carbocycles. The average molecular weight is 299 g/mol. The van der Waals surface area contributed by atoms with E-state index >= 15 is 0 Å². The smallest absolute Gasteiger partial charge is 0.192 e. The van der Waals surface area contributed by atoms with Crippen LogP contribution in [0.2, 0.25) is 18.1 Å². The maximum atomic E-state index is 9.20. The SMILES string of the molecule is C=CC(C)[C@@H](O[Si](C)(C)C(C)(C)C)[C@H](C)/C=C(/C)CO. The lowest BCUT2D eigenvalue weighted by Crippen LogP contribution is -2.47. The predicted octanol–water partition coefficient (Wildman–Crippen LogP) is 4.77. The summed E-state index contributed by atoms with van der Waals surface area (Å²) < 4.78 is 6.60. The monoisotopic (exact) mass is 298 g/mol. The number of aliphatic hydroxyl groups excluding tert-OH is 1. The Morgan fingerprint density at radius 3 is 2.10 bits per heavy atom. The van der Waals surface area contributed by atoms with Crippen molar-refractivity contribution in [2.24, 2.45) is 11.8 Å². The Hall–Kier alpha value is -0.383. The van der Waals surface area contributed by atoms with E-state index in [1.54, 1.807) is 0 Å². The molecule has 0 spiro atoms. The van der Waals surface area contributed by atoms with Gasteiger partial charge >= 0.3 is 0 Å². The van der Waals surface area contributed by atoms with Gasteiger partial charge in [0.25, 0.3) is 0 Å². The Bertz CT molecular complexity index is 339. The standard InChI is InChI=1S/C17H34O2Si/c1-10-14(3)16(15(4)11-13(2)12-18)19-20(8,9)17(5,6)7/h10-11,14-16,18H,1,12H2,2-9H3/b13-11-/t14?,15-,16-/m1/s1. The zero-order chi connectivity index (χ0) is 16.1. The number of hydrogen-bond acceptors (Lipinski definition) is 2. The van der Waals surface area contributed by atoms with Crippen LogP contribution in [-0.4, -0.2) is 26.1 Å². The summed E-state index contributed by atoms with van der Waals surface area (Å²) >= 11 is 0. The van der Waals surface area contributed by atoms with E-state index in [1.165, 1.54) is 0 Å². The van der Waals surface area contributed by atoms with Gasteiger partial charge in [0, 0.05) is 0 Å². The highest BCUT2D eigenvalue weighted by atomic mass is 28.4. The van der Waals surface area contributed by atoms with Crippen LogP contribution in [0.1, 0.15) is 41.5 Å². The minimum atomic E-state index is -1.81. The van der Waals surface area contributed by atoms with Crippen LogP contribution in [0.4, 0.5) is 0 Å². The highest BCUT2D eigenvalue weighted by Crippen LogP contribution is 2.39. The first-order chi connectivity index (χ1) is 8.96. The van der Waals surface area contributed by atoms with E-state index < -0.39 is 8.32 Å². The van der Waals surface area contributed by atoms with Gasteiger partial charge in [0.1, 0.15) is 0 Å². The van der Waals surface area contributed by atoms with Gasteiger partial charge in [0.2, 0.25) is 0 Å². The second kappa shape index (κ2) is 7.58. The molecule has 0 amide bonds. The minimum absolute atomic E-state index is 0.111. The van der Waals surface area contributed by atoms with E-state index in [2.05, 4.69) is 60.4 Å². The Morgan fingerprint density at radius 2 is 1.75 bits per heavy atom. The molecule has 3 heteroatoms. The van der Waals surface area contributed by atoms with Gasteiger partial charge in [0.15, 0.2) is 8.32 Å². The third kappa shape index (κ3) is 5.55. The average Bonchev–Trinajstić information content (AvgIpc) is 2.33. The fourth-order valence-corrected chi connectivity index (χ4v) is 3.40. The molecule has 1 N–H and O–H groups in total. The molecule has 0 fully saturated rings. The lowest BCUT2D eigenvalue weighted by atomic mass is 9.92. The zero-order valence-corrected chi connectivity index (χ0v) is 15.7. The first kappa shape index (κ1) is 19.6. The normalized spacial score (nSPS) is 18.6. The van der Waals surface area contributed by atoms with Crippen LogP contribution < -0.4 is 0 Å². The molecule has 1 unspecified atom stereocenters. The van der Waals surface area contributed by atoms with Gasteiger partial charge in [-0.3, -0.25) is 0 Å². The summed E-state index contributed by atoms with van der Waals surface area (Å²) in [7, 11) is -1.81. The molecule has 0 aliphatic carbocycles. The molecule has 0 aromatic heterocycles. The van der Waals surface area contributed by atoms with Crippen molar-refractivity contribution >= 4 is 8.32 Å². The van der Waals surface area contributed by atoms with Crippen LogP contribution in [0, 0.1) is 11.8 Å². The molecule has 0 heterocycles. The van der Waals surface area contributed by atoms with Crippen LogP contribution in [0.25, 0.3) is 0 Å². The van der Waals surface area contributed by atoms with E-state index in [9.17, 15) is 5.11 Å². The van der Waals surface area contributed by atoms with E-state index in [0.717, 1.165) is 5.57 Å². The van der Waals surface area contributed by atoms with Crippen molar-refractivity contribution < 1.29 is 9.53 Å². The summed E-state index contributed by atoms with van der Waals surface area (Å²) in [4.78, 5) is 0. The topological polar surface area (TPSA) is 29.5 Å². The van der Waals surface area contributed by atoms with Crippen LogP contribution >= 0.6 is 0 Å². The van der Waals surface area contributed by atoms with E-state index in [4.69, 9.17) is 4.43 Å². The van der Waals surface area contributed by atoms with Crippen molar-refractivity contribution in [3.63, 3.8) is 0 Å². The molecule has 0 saturated heterocycles. The number of aliphatic hydroxyl groups is 1. The van der Waals surface area contributed by atoms with Crippen molar-refractivity contribution in [3.8, 4) is 0 Å². The molecule has 0 bridgehead atoms. The quantitative estimate of drug-likeness (QED) is 0.542. The maximum Gasteiger partial charge on any atom is 0.192 e. The summed E-state index contributed by atoms with van der Waals surface area (Å²) in [5.41, 5.74) is 0.998. The predicted molar refractivity (Wildman–Crippen MR) is 91.4 cm³/mol. The lowest BCUT2D eigenvalue weighted by Gasteiger charge is -2.42. The second-order valence-electron chi connectivity index (χ2n) is 7.47. The molecule has 20 heavy (non-hydrogen) atoms. The fourth-order valence-electron chi connectivity index (χ4n) is 1.94. The second-order valence-corrected chi connectivity index (χ2v) is 12.2. The Balaban J connectivity index is 5.24. The van der Waals surface area contributed by atoms with Crippen LogP contribution in [-0.2, 0) is 4.43 Å². The Labute approximate surface area is 127 Å². The summed E-state index contributed by atoms with van der Waals surface area (Å²) in [5.74, 6) is 0.561. The van der Waals surface area contributed by atoms with Gasteiger partial charge in [-0.15, -0.1) is 6.58 Å². The molecule has 0 aliphatic rings. The summed E-state index contributed by atoms with van der Waals surface area (Å²) in [5, 5.41) is 9.40. The number of rotatable bonds is 7. The molecule has 0 aliphatic heterocycles. The molecule has 0 aromatic rings. The molecule has 2 nitrogen and oxygen atoms in total. The summed E-state index contributed by atoms with van der Waals surface area (Å²) in [6, 6.07) is 0. The van der Waals surface area contributed by atoms with Crippen LogP contribution in [0.15, 0.2) is 24.3 Å². The van der Waals surface area contributed by atoms with Gasteiger partial charge in [-0.25, -0.2) is 0 Å². The van der Waals surface area contributed by atoms with E-state index in [0.29, 0.717) is 5.92 Å². The van der Waals surface area contributed by atoms with Gasteiger partial charge < -0.3 is 9.53 Å². The largest absolute Gasteiger partial charge is 0.413 e. The van der Waals surface area contributed by atoms with Gasteiger partial charge in [-0.1, -0.05) is 52.3 Å². The summed E-state index contributed by atoms with van der Waals surface area (Å²) in [6.07, 6.45) is 4.21. The van der Waals surface area contributed by atoms with Crippen molar-refractivity contribution in [3.05, 3.63) is 24.3 Å². The van der Waals surface area contributed by atoms with Gasteiger partial charge in [-0.05, 0) is 36.9 Å². The van der Waals surface area contributed by atoms with Crippen molar-refractivity contribution in [1.82, 2.24) is 0 Å². The molecule has 0 radical (unpaired) electrons.